The second-order valence-corrected chi connectivity index (χ2v) is 6.38. The van der Waals surface area contributed by atoms with Gasteiger partial charge in [0.25, 0.3) is 0 Å². The Morgan fingerprint density at radius 1 is 1.17 bits per heavy atom. The Balaban J connectivity index is 1.60. The summed E-state index contributed by atoms with van der Waals surface area (Å²) in [6, 6.07) is 0.692. The number of piperazine rings is 1. The molecule has 0 aliphatic carbocycles. The summed E-state index contributed by atoms with van der Waals surface area (Å²) >= 11 is 0. The molecular weight excluding hydrogens is 224 g/mol. The van der Waals surface area contributed by atoms with Gasteiger partial charge in [0.1, 0.15) is 0 Å². The summed E-state index contributed by atoms with van der Waals surface area (Å²) in [5.41, 5.74) is 0. The van der Waals surface area contributed by atoms with Crippen molar-refractivity contribution >= 4 is 0 Å². The Kier molecular flexibility index (Phi) is 5.42. The van der Waals surface area contributed by atoms with E-state index in [9.17, 15) is 0 Å². The lowest BCUT2D eigenvalue weighted by Crippen LogP contribution is -2.50. The average molecular weight is 254 g/mol. The fourth-order valence-electron chi connectivity index (χ4n) is 3.27. The quantitative estimate of drug-likeness (QED) is 0.755. The van der Waals surface area contributed by atoms with Crippen molar-refractivity contribution in [3.63, 3.8) is 0 Å². The predicted octanol–water partition coefficient (Wildman–Crippen LogP) is 0.164. The molecule has 2 atom stereocenters. The first-order valence-electron chi connectivity index (χ1n) is 7.42. The van der Waals surface area contributed by atoms with Gasteiger partial charge in [-0.25, -0.2) is 0 Å². The van der Waals surface area contributed by atoms with E-state index in [1.807, 2.05) is 0 Å². The number of rotatable bonds is 5. The molecule has 0 saturated carbocycles. The minimum absolute atomic E-state index is 0.692. The molecule has 18 heavy (non-hydrogen) atoms. The summed E-state index contributed by atoms with van der Waals surface area (Å²) < 4.78 is 0. The van der Waals surface area contributed by atoms with Gasteiger partial charge in [0.05, 0.1) is 0 Å². The van der Waals surface area contributed by atoms with Gasteiger partial charge in [-0.2, -0.15) is 0 Å². The Morgan fingerprint density at radius 3 is 2.61 bits per heavy atom. The van der Waals surface area contributed by atoms with Crippen LogP contribution in [0.25, 0.3) is 0 Å². The van der Waals surface area contributed by atoms with Crippen molar-refractivity contribution in [2.75, 3.05) is 67.0 Å². The maximum Gasteiger partial charge on any atom is 0.0207 e. The highest BCUT2D eigenvalue weighted by Crippen LogP contribution is 2.15. The second-order valence-electron chi connectivity index (χ2n) is 6.38. The molecule has 2 heterocycles. The zero-order valence-electron chi connectivity index (χ0n) is 12.4. The van der Waals surface area contributed by atoms with Crippen LogP contribution in [0, 0.1) is 5.92 Å². The lowest BCUT2D eigenvalue weighted by Gasteiger charge is -2.32. The molecule has 0 bridgehead atoms. The number of nitrogens with zero attached hydrogens (tertiary/aromatic N) is 3. The van der Waals surface area contributed by atoms with Crippen LogP contribution >= 0.6 is 0 Å². The summed E-state index contributed by atoms with van der Waals surface area (Å²) in [4.78, 5) is 7.42. The highest BCUT2D eigenvalue weighted by atomic mass is 15.2. The maximum atomic E-state index is 3.63. The Hall–Kier alpha value is -0.160. The fourth-order valence-corrected chi connectivity index (χ4v) is 3.27. The molecule has 2 rings (SSSR count). The van der Waals surface area contributed by atoms with Crippen molar-refractivity contribution in [1.82, 2.24) is 20.0 Å². The topological polar surface area (TPSA) is 21.8 Å². The lowest BCUT2D eigenvalue weighted by atomic mass is 10.1. The van der Waals surface area contributed by atoms with Gasteiger partial charge >= 0.3 is 0 Å². The molecule has 4 heteroatoms. The van der Waals surface area contributed by atoms with Crippen molar-refractivity contribution in [1.29, 1.82) is 0 Å². The normalized spacial score (nSPS) is 31.3. The molecule has 0 amide bonds. The van der Waals surface area contributed by atoms with Crippen molar-refractivity contribution in [3.8, 4) is 0 Å². The van der Waals surface area contributed by atoms with E-state index < -0.39 is 0 Å². The molecule has 0 aromatic carbocycles. The molecule has 0 radical (unpaired) electrons. The van der Waals surface area contributed by atoms with E-state index in [0.29, 0.717) is 6.04 Å². The van der Waals surface area contributed by atoms with E-state index in [0.717, 1.165) is 12.5 Å². The number of likely N-dealkylation sites (tertiary alicyclic amines) is 1. The van der Waals surface area contributed by atoms with E-state index in [1.54, 1.807) is 0 Å². The highest BCUT2D eigenvalue weighted by molar-refractivity contribution is 4.79. The molecular formula is C14H30N4. The van der Waals surface area contributed by atoms with Crippen molar-refractivity contribution in [2.45, 2.75) is 18.9 Å². The summed E-state index contributed by atoms with van der Waals surface area (Å²) in [6.07, 6.45) is 2.66. The van der Waals surface area contributed by atoms with Crippen molar-refractivity contribution in [3.05, 3.63) is 0 Å². The van der Waals surface area contributed by atoms with Crippen LogP contribution in [-0.2, 0) is 0 Å². The van der Waals surface area contributed by atoms with E-state index in [4.69, 9.17) is 0 Å². The average Bonchev–Trinajstić information content (AvgIpc) is 2.72. The van der Waals surface area contributed by atoms with Crippen LogP contribution in [0.4, 0.5) is 0 Å². The molecule has 0 aromatic heterocycles. The Labute approximate surface area is 112 Å². The Bertz CT molecular complexity index is 246. The first-order chi connectivity index (χ1) is 8.63. The SMILES string of the molecule is CN1CCC(CN(C)CCC2CN(C)CCN2)C1. The molecule has 2 aliphatic rings. The third-order valence-electron chi connectivity index (χ3n) is 4.38. The van der Waals surface area contributed by atoms with E-state index in [1.165, 1.54) is 52.1 Å². The smallest absolute Gasteiger partial charge is 0.0207 e. The van der Waals surface area contributed by atoms with Gasteiger partial charge in [-0.3, -0.25) is 0 Å². The van der Waals surface area contributed by atoms with Crippen molar-refractivity contribution < 1.29 is 0 Å². The van der Waals surface area contributed by atoms with Crippen LogP contribution in [0.2, 0.25) is 0 Å². The van der Waals surface area contributed by atoms with Crippen LogP contribution in [-0.4, -0.2) is 87.7 Å². The molecule has 0 aromatic rings. The van der Waals surface area contributed by atoms with E-state index in [2.05, 4.69) is 41.2 Å². The third-order valence-corrected chi connectivity index (χ3v) is 4.38. The monoisotopic (exact) mass is 254 g/mol. The lowest BCUT2D eigenvalue weighted by molar-refractivity contribution is 0.205. The molecule has 0 spiro atoms. The number of nitrogens with one attached hydrogen (secondary N) is 1. The number of hydrogen-bond donors (Lipinski definition) is 1. The van der Waals surface area contributed by atoms with Gasteiger partial charge in [-0.1, -0.05) is 0 Å². The summed E-state index contributed by atoms with van der Waals surface area (Å²) in [5, 5.41) is 3.63. The van der Waals surface area contributed by atoms with Crippen LogP contribution in [0.5, 0.6) is 0 Å². The number of likely N-dealkylation sites (N-methyl/N-ethyl adjacent to an activating group) is 1. The Morgan fingerprint density at radius 2 is 1.94 bits per heavy atom. The zero-order chi connectivity index (χ0) is 13.0. The maximum absolute atomic E-state index is 3.63. The first-order valence-corrected chi connectivity index (χ1v) is 7.42. The minimum Gasteiger partial charge on any atom is -0.311 e. The van der Waals surface area contributed by atoms with Crippen LogP contribution in [0.3, 0.4) is 0 Å². The zero-order valence-corrected chi connectivity index (χ0v) is 12.4. The molecule has 106 valence electrons. The van der Waals surface area contributed by atoms with Gasteiger partial charge in [-0.05, 0) is 53.0 Å². The molecule has 1 N–H and O–H groups in total. The summed E-state index contributed by atoms with van der Waals surface area (Å²) in [5.74, 6) is 0.891. The summed E-state index contributed by atoms with van der Waals surface area (Å²) in [6.45, 7) is 8.62. The van der Waals surface area contributed by atoms with Crippen LogP contribution in [0.15, 0.2) is 0 Å². The molecule has 2 aliphatic heterocycles. The summed E-state index contributed by atoms with van der Waals surface area (Å²) in [7, 11) is 6.75. The van der Waals surface area contributed by atoms with Crippen LogP contribution < -0.4 is 5.32 Å². The molecule has 2 fully saturated rings. The van der Waals surface area contributed by atoms with Gasteiger partial charge < -0.3 is 20.0 Å². The van der Waals surface area contributed by atoms with Gasteiger partial charge in [0, 0.05) is 38.8 Å². The molecule has 4 nitrogen and oxygen atoms in total. The van der Waals surface area contributed by atoms with Gasteiger partial charge in [-0.15, -0.1) is 0 Å². The van der Waals surface area contributed by atoms with Gasteiger partial charge in [0.2, 0.25) is 0 Å². The fraction of sp³-hybridized carbons (Fsp3) is 1.00. The van der Waals surface area contributed by atoms with Crippen LogP contribution in [0.1, 0.15) is 12.8 Å². The van der Waals surface area contributed by atoms with E-state index >= 15 is 0 Å². The first kappa shape index (κ1) is 14.3. The minimum atomic E-state index is 0.692. The molecule has 2 saturated heterocycles. The standard InChI is InChI=1S/C14H30N4/c1-16-7-4-13(10-16)11-17(2)8-5-14-12-18(3)9-6-15-14/h13-15H,4-12H2,1-3H3. The highest BCUT2D eigenvalue weighted by Gasteiger charge is 2.21. The van der Waals surface area contributed by atoms with E-state index in [-0.39, 0.29) is 0 Å². The third kappa shape index (κ3) is 4.50. The van der Waals surface area contributed by atoms with Crippen molar-refractivity contribution in [2.24, 2.45) is 5.92 Å². The molecule has 2 unspecified atom stereocenters. The van der Waals surface area contributed by atoms with Gasteiger partial charge in [0.15, 0.2) is 0 Å². The number of hydrogen-bond acceptors (Lipinski definition) is 4. The predicted molar refractivity (Wildman–Crippen MR) is 77.0 cm³/mol. The largest absolute Gasteiger partial charge is 0.311 e. The second kappa shape index (κ2) is 6.85.